The summed E-state index contributed by atoms with van der Waals surface area (Å²) < 4.78 is 10.7. The molecule has 1 aliphatic heterocycles. The van der Waals surface area contributed by atoms with Gasteiger partial charge in [0, 0.05) is 13.0 Å². The highest BCUT2D eigenvalue weighted by Crippen LogP contribution is 2.34. The summed E-state index contributed by atoms with van der Waals surface area (Å²) in [5.41, 5.74) is 1.13. The summed E-state index contributed by atoms with van der Waals surface area (Å²) in [5.74, 6) is 0.814. The minimum absolute atomic E-state index is 0.0614. The average Bonchev–Trinajstić information content (AvgIpc) is 2.95. The van der Waals surface area contributed by atoms with Gasteiger partial charge in [0.2, 0.25) is 5.91 Å². The Balaban J connectivity index is 1.60. The maximum atomic E-state index is 12.8. The van der Waals surface area contributed by atoms with Crippen LogP contribution in [-0.2, 0) is 9.59 Å². The van der Waals surface area contributed by atoms with Crippen LogP contribution in [0.4, 0.5) is 4.79 Å². The lowest BCUT2D eigenvalue weighted by atomic mass is 9.82. The van der Waals surface area contributed by atoms with Crippen LogP contribution in [0.3, 0.4) is 0 Å². The van der Waals surface area contributed by atoms with Crippen molar-refractivity contribution in [1.82, 2.24) is 15.5 Å². The third-order valence-corrected chi connectivity index (χ3v) is 6.13. The summed E-state index contributed by atoms with van der Waals surface area (Å²) in [7, 11) is 3.15. The van der Waals surface area contributed by atoms with Crippen LogP contribution in [0.25, 0.3) is 0 Å². The maximum Gasteiger partial charge on any atom is 0.325 e. The molecule has 3 rings (SSSR count). The minimum atomic E-state index is -0.754. The van der Waals surface area contributed by atoms with Crippen molar-refractivity contribution in [3.05, 3.63) is 23.3 Å². The van der Waals surface area contributed by atoms with Gasteiger partial charge in [-0.05, 0) is 49.9 Å². The van der Waals surface area contributed by atoms with Crippen LogP contribution in [-0.4, -0.2) is 49.0 Å². The molecule has 0 aromatic heterocycles. The zero-order valence-electron chi connectivity index (χ0n) is 18.2. The molecule has 1 aliphatic carbocycles. The number of methoxy groups -OCH3 is 2. The Bertz CT molecular complexity index is 832. The molecule has 8 nitrogen and oxygen atoms in total. The van der Waals surface area contributed by atoms with Gasteiger partial charge >= 0.3 is 6.03 Å². The molecule has 1 aromatic rings. The van der Waals surface area contributed by atoms with Crippen molar-refractivity contribution in [2.24, 2.45) is 0 Å². The summed E-state index contributed by atoms with van der Waals surface area (Å²) in [5, 5.41) is 5.82. The van der Waals surface area contributed by atoms with Gasteiger partial charge in [0.05, 0.1) is 20.3 Å². The van der Waals surface area contributed by atoms with E-state index in [0.717, 1.165) is 30.4 Å². The zero-order valence-corrected chi connectivity index (χ0v) is 18.2. The molecule has 0 radical (unpaired) electrons. The van der Waals surface area contributed by atoms with Crippen LogP contribution in [0.15, 0.2) is 12.1 Å². The SMILES string of the molecule is COc1cc(C)c(C(C)NC(=O)CCN2C(=O)NC3(CCCCC3)C2=O)cc1OC. The molecule has 8 heteroatoms. The highest BCUT2D eigenvalue weighted by molar-refractivity contribution is 6.07. The Morgan fingerprint density at radius 3 is 2.43 bits per heavy atom. The van der Waals surface area contributed by atoms with E-state index in [1.165, 1.54) is 4.90 Å². The molecule has 1 saturated heterocycles. The first-order chi connectivity index (χ1) is 14.3. The van der Waals surface area contributed by atoms with Crippen molar-refractivity contribution in [2.45, 2.75) is 64.0 Å². The van der Waals surface area contributed by atoms with E-state index in [0.29, 0.717) is 24.3 Å². The number of carbonyl (C=O) groups excluding carboxylic acids is 3. The number of benzene rings is 1. The monoisotopic (exact) mass is 417 g/mol. The molecule has 1 aromatic carbocycles. The molecule has 4 amide bonds. The predicted octanol–water partition coefficient (Wildman–Crippen LogP) is 2.83. The van der Waals surface area contributed by atoms with E-state index in [2.05, 4.69) is 10.6 Å². The van der Waals surface area contributed by atoms with Gasteiger partial charge in [0.15, 0.2) is 11.5 Å². The summed E-state index contributed by atoms with van der Waals surface area (Å²) >= 11 is 0. The number of hydrogen-bond donors (Lipinski definition) is 2. The second-order valence-corrected chi connectivity index (χ2v) is 8.13. The number of nitrogens with one attached hydrogen (secondary N) is 2. The van der Waals surface area contributed by atoms with Crippen LogP contribution in [0.5, 0.6) is 11.5 Å². The number of amides is 4. The van der Waals surface area contributed by atoms with Crippen molar-refractivity contribution in [2.75, 3.05) is 20.8 Å². The van der Waals surface area contributed by atoms with Crippen molar-refractivity contribution in [3.8, 4) is 11.5 Å². The lowest BCUT2D eigenvalue weighted by molar-refractivity contribution is -0.132. The second-order valence-electron chi connectivity index (χ2n) is 8.13. The lowest BCUT2D eigenvalue weighted by Gasteiger charge is -2.30. The Kier molecular flexibility index (Phi) is 6.53. The summed E-state index contributed by atoms with van der Waals surface area (Å²) in [6.07, 6.45) is 4.36. The molecular weight excluding hydrogens is 386 g/mol. The smallest absolute Gasteiger partial charge is 0.325 e. The third-order valence-electron chi connectivity index (χ3n) is 6.13. The van der Waals surface area contributed by atoms with Gasteiger partial charge in [0.1, 0.15) is 5.54 Å². The fourth-order valence-electron chi connectivity index (χ4n) is 4.44. The maximum absolute atomic E-state index is 12.8. The first-order valence-corrected chi connectivity index (χ1v) is 10.5. The Morgan fingerprint density at radius 1 is 1.17 bits per heavy atom. The van der Waals surface area contributed by atoms with Crippen LogP contribution in [0.1, 0.15) is 62.6 Å². The third kappa shape index (κ3) is 4.22. The van der Waals surface area contributed by atoms with Crippen molar-refractivity contribution < 1.29 is 23.9 Å². The van der Waals surface area contributed by atoms with Gasteiger partial charge in [-0.2, -0.15) is 0 Å². The molecule has 2 aliphatic rings. The molecule has 1 heterocycles. The summed E-state index contributed by atoms with van der Waals surface area (Å²) in [4.78, 5) is 38.8. The van der Waals surface area contributed by atoms with Crippen LogP contribution >= 0.6 is 0 Å². The van der Waals surface area contributed by atoms with Crippen LogP contribution in [0, 0.1) is 6.92 Å². The minimum Gasteiger partial charge on any atom is -0.493 e. The van der Waals surface area contributed by atoms with Gasteiger partial charge < -0.3 is 20.1 Å². The number of imide groups is 1. The summed E-state index contributed by atoms with van der Waals surface area (Å²) in [6.45, 7) is 3.91. The topological polar surface area (TPSA) is 97.0 Å². The number of rotatable bonds is 7. The van der Waals surface area contributed by atoms with E-state index in [9.17, 15) is 14.4 Å². The van der Waals surface area contributed by atoms with Gasteiger partial charge in [-0.25, -0.2) is 4.79 Å². The van der Waals surface area contributed by atoms with E-state index in [1.54, 1.807) is 14.2 Å². The Morgan fingerprint density at radius 2 is 1.80 bits per heavy atom. The molecule has 30 heavy (non-hydrogen) atoms. The van der Waals surface area contributed by atoms with E-state index in [-0.39, 0.29) is 30.8 Å². The molecule has 2 N–H and O–H groups in total. The zero-order chi connectivity index (χ0) is 21.9. The highest BCUT2D eigenvalue weighted by Gasteiger charge is 2.51. The molecular formula is C22H31N3O5. The van der Waals surface area contributed by atoms with Crippen molar-refractivity contribution in [1.29, 1.82) is 0 Å². The largest absolute Gasteiger partial charge is 0.493 e. The molecule has 1 atom stereocenters. The van der Waals surface area contributed by atoms with E-state index in [4.69, 9.17) is 9.47 Å². The fraction of sp³-hybridized carbons (Fsp3) is 0.591. The fourth-order valence-corrected chi connectivity index (χ4v) is 4.44. The van der Waals surface area contributed by atoms with E-state index >= 15 is 0 Å². The number of ether oxygens (including phenoxy) is 2. The number of urea groups is 1. The lowest BCUT2D eigenvalue weighted by Crippen LogP contribution is -2.48. The van der Waals surface area contributed by atoms with Gasteiger partial charge in [-0.3, -0.25) is 14.5 Å². The highest BCUT2D eigenvalue weighted by atomic mass is 16.5. The Hall–Kier alpha value is -2.77. The summed E-state index contributed by atoms with van der Waals surface area (Å²) in [6, 6.07) is 3.07. The van der Waals surface area contributed by atoms with Crippen LogP contribution < -0.4 is 20.1 Å². The van der Waals surface area contributed by atoms with E-state index in [1.807, 2.05) is 26.0 Å². The number of carbonyl (C=O) groups is 3. The molecule has 164 valence electrons. The van der Waals surface area contributed by atoms with Gasteiger partial charge in [-0.15, -0.1) is 0 Å². The molecule has 1 unspecified atom stereocenters. The molecule has 2 fully saturated rings. The quantitative estimate of drug-likeness (QED) is 0.665. The molecule has 1 saturated carbocycles. The normalized spacial score (nSPS) is 18.9. The Labute approximate surface area is 177 Å². The first-order valence-electron chi connectivity index (χ1n) is 10.5. The number of nitrogens with zero attached hydrogens (tertiary/aromatic N) is 1. The predicted molar refractivity (Wildman–Crippen MR) is 112 cm³/mol. The van der Waals surface area contributed by atoms with Crippen molar-refractivity contribution >= 4 is 17.8 Å². The average molecular weight is 418 g/mol. The molecule has 0 bridgehead atoms. The van der Waals surface area contributed by atoms with Gasteiger partial charge in [-0.1, -0.05) is 19.3 Å². The van der Waals surface area contributed by atoms with E-state index < -0.39 is 11.6 Å². The van der Waals surface area contributed by atoms with Crippen molar-refractivity contribution in [3.63, 3.8) is 0 Å². The van der Waals surface area contributed by atoms with Gasteiger partial charge in [0.25, 0.3) is 5.91 Å². The molecule has 1 spiro atoms. The number of aryl methyl sites for hydroxylation is 1. The first kappa shape index (κ1) is 21.9. The standard InChI is InChI=1S/C22H31N3O5/c1-14-12-17(29-3)18(30-4)13-16(14)15(2)23-19(26)8-11-25-20(27)22(24-21(25)28)9-6-5-7-10-22/h12-13,15H,5-11H2,1-4H3,(H,23,26)(H,24,28). The second kappa shape index (κ2) is 8.93. The van der Waals surface area contributed by atoms with Crippen LogP contribution in [0.2, 0.25) is 0 Å². The number of hydrogen-bond acceptors (Lipinski definition) is 5.